The lowest BCUT2D eigenvalue weighted by atomic mass is 9.46. The van der Waals surface area contributed by atoms with Gasteiger partial charge in [-0.3, -0.25) is 24.0 Å². The maximum atomic E-state index is 13.9. The zero-order valence-corrected chi connectivity index (χ0v) is 35.2. The molecule has 0 unspecified atom stereocenters. The SMILES string of the molecule is CC(C)(C)OC(=O)CC[C@H](NC(=O)CN)C(=O)NC1CCC(Cc2ccc([C@@H]3O[C@@H]4C[C@H]5[C@@H]6CCC7=CC(=O)C=C[C@]7(C)[C@H]6[C@@H](O)C[C@]5(C)[C@]4(C(=O)CO)O3)cc2)CC1. The molecule has 1 aliphatic heterocycles. The number of ether oxygens (including phenoxy) is 3. The lowest BCUT2D eigenvalue weighted by molar-refractivity contribution is -0.201. The van der Waals surface area contributed by atoms with Crippen molar-refractivity contribution in [1.82, 2.24) is 10.6 Å². The Morgan fingerprint density at radius 2 is 1.76 bits per heavy atom. The van der Waals surface area contributed by atoms with Crippen LogP contribution in [0.15, 0.2) is 48.1 Å². The van der Waals surface area contributed by atoms with Gasteiger partial charge in [-0.25, -0.2) is 0 Å². The summed E-state index contributed by atoms with van der Waals surface area (Å²) in [5.74, 6) is -1.25. The van der Waals surface area contributed by atoms with Crippen LogP contribution < -0.4 is 16.4 Å². The van der Waals surface area contributed by atoms with Crippen LogP contribution in [0.3, 0.4) is 0 Å². The van der Waals surface area contributed by atoms with Gasteiger partial charge in [0.05, 0.1) is 18.8 Å². The van der Waals surface area contributed by atoms with Crippen molar-refractivity contribution < 1.29 is 48.4 Å². The number of ketones is 2. The fourth-order valence-corrected chi connectivity index (χ4v) is 12.0. The maximum Gasteiger partial charge on any atom is 0.306 e. The average Bonchev–Trinajstić information content (AvgIpc) is 3.69. The van der Waals surface area contributed by atoms with E-state index >= 15 is 0 Å². The number of carbonyl (C=O) groups excluding carboxylic acids is 5. The number of hydrogen-bond donors (Lipinski definition) is 5. The van der Waals surface area contributed by atoms with Crippen LogP contribution in [0.2, 0.25) is 0 Å². The first-order chi connectivity index (χ1) is 27.9. The molecule has 59 heavy (non-hydrogen) atoms. The zero-order valence-electron chi connectivity index (χ0n) is 35.2. The second-order valence-corrected chi connectivity index (χ2v) is 19.5. The van der Waals surface area contributed by atoms with Crippen molar-refractivity contribution in [2.24, 2.45) is 40.2 Å². The highest BCUT2D eigenvalue weighted by molar-refractivity contribution is 6.01. The Balaban J connectivity index is 0.954. The van der Waals surface area contributed by atoms with Crippen LogP contribution in [0.4, 0.5) is 0 Å². The number of aliphatic hydroxyl groups is 2. The van der Waals surface area contributed by atoms with Gasteiger partial charge in [0, 0.05) is 34.8 Å². The molecule has 6 N–H and O–H groups in total. The van der Waals surface area contributed by atoms with Crippen LogP contribution in [0.5, 0.6) is 0 Å². The van der Waals surface area contributed by atoms with E-state index in [9.17, 15) is 34.2 Å². The second kappa shape index (κ2) is 16.6. The molecule has 0 bridgehead atoms. The summed E-state index contributed by atoms with van der Waals surface area (Å²) in [6.45, 7) is 8.54. The van der Waals surface area contributed by atoms with Gasteiger partial charge in [-0.15, -0.1) is 0 Å². The summed E-state index contributed by atoms with van der Waals surface area (Å²) in [6.07, 6.45) is 10.0. The summed E-state index contributed by atoms with van der Waals surface area (Å²) in [5.41, 5.74) is 5.23. The van der Waals surface area contributed by atoms with E-state index < -0.39 is 70.8 Å². The van der Waals surface area contributed by atoms with Crippen molar-refractivity contribution >= 4 is 29.4 Å². The van der Waals surface area contributed by atoms with Crippen LogP contribution in [-0.4, -0.2) is 88.2 Å². The topological polar surface area (TPSA) is 204 Å². The molecule has 10 atom stereocenters. The van der Waals surface area contributed by atoms with Gasteiger partial charge in [0.25, 0.3) is 0 Å². The molecule has 6 aliphatic rings. The van der Waals surface area contributed by atoms with Gasteiger partial charge in [0.2, 0.25) is 11.8 Å². The smallest absolute Gasteiger partial charge is 0.306 e. The van der Waals surface area contributed by atoms with Crippen LogP contribution in [0.25, 0.3) is 0 Å². The third-order valence-corrected chi connectivity index (χ3v) is 14.7. The Labute approximate surface area is 347 Å². The molecule has 0 radical (unpaired) electrons. The lowest BCUT2D eigenvalue weighted by Crippen LogP contribution is -2.63. The minimum Gasteiger partial charge on any atom is -0.460 e. The lowest BCUT2D eigenvalue weighted by Gasteiger charge is -2.59. The molecule has 322 valence electrons. The quantitative estimate of drug-likeness (QED) is 0.190. The predicted octanol–water partition coefficient (Wildman–Crippen LogP) is 4.07. The van der Waals surface area contributed by atoms with Gasteiger partial charge in [-0.2, -0.15) is 0 Å². The van der Waals surface area contributed by atoms with E-state index in [1.54, 1.807) is 32.9 Å². The van der Waals surface area contributed by atoms with Crippen molar-refractivity contribution in [2.75, 3.05) is 13.2 Å². The standard InChI is InChI=1S/C46H63N3O10/c1-43(2,3)58-39(55)17-16-34(49-38(54)24-47)41(56)48-30-13-8-27(9-14-30)20-26-6-10-28(11-7-26)42-57-37-22-33-32-15-12-29-21-31(51)18-19-44(29,4)40(32)35(52)23-45(33,5)46(37,59-42)36(53)25-50/h6-7,10-11,18-19,21,27,30,32-35,37,40,42,50,52H,8-9,12-17,20,22-25,47H2,1-5H3,(H,48,56)(H,49,54)/t27?,30?,32-,33-,34-,35-,37+,40+,42+,44-,45-,46+/m0/s1. The van der Waals surface area contributed by atoms with E-state index in [0.29, 0.717) is 18.8 Å². The molecule has 1 saturated heterocycles. The minimum absolute atomic E-state index is 0.0141. The zero-order chi connectivity index (χ0) is 42.5. The maximum absolute atomic E-state index is 13.9. The van der Waals surface area contributed by atoms with Gasteiger partial charge in [0.15, 0.2) is 23.5 Å². The Kier molecular flexibility index (Phi) is 12.2. The molecule has 5 fully saturated rings. The molecule has 2 amide bonds. The third kappa shape index (κ3) is 8.22. The summed E-state index contributed by atoms with van der Waals surface area (Å²) in [7, 11) is 0. The van der Waals surface area contributed by atoms with Gasteiger partial charge < -0.3 is 40.8 Å². The highest BCUT2D eigenvalue weighted by Gasteiger charge is 2.76. The number of Topliss-reactive ketones (excluding diaryl/α,β-unsaturated/α-hetero) is 1. The first-order valence-corrected chi connectivity index (χ1v) is 21.6. The number of esters is 1. The van der Waals surface area contributed by atoms with Gasteiger partial charge in [0.1, 0.15) is 18.2 Å². The normalized spacial score (nSPS) is 36.6. The van der Waals surface area contributed by atoms with E-state index in [2.05, 4.69) is 29.7 Å². The van der Waals surface area contributed by atoms with E-state index in [4.69, 9.17) is 19.9 Å². The van der Waals surface area contributed by atoms with E-state index in [0.717, 1.165) is 61.6 Å². The summed E-state index contributed by atoms with van der Waals surface area (Å²) in [6, 6.07) is 7.16. The Morgan fingerprint density at radius 3 is 2.42 bits per heavy atom. The van der Waals surface area contributed by atoms with Crippen molar-refractivity contribution in [1.29, 1.82) is 0 Å². The van der Waals surface area contributed by atoms with Gasteiger partial charge >= 0.3 is 5.97 Å². The molecular weight excluding hydrogens is 755 g/mol. The predicted molar refractivity (Wildman–Crippen MR) is 217 cm³/mol. The number of nitrogens with two attached hydrogens (primary N) is 1. The van der Waals surface area contributed by atoms with Gasteiger partial charge in [-0.1, -0.05) is 49.8 Å². The molecule has 1 aromatic rings. The van der Waals surface area contributed by atoms with E-state index in [1.807, 2.05) is 25.1 Å². The first-order valence-electron chi connectivity index (χ1n) is 21.6. The van der Waals surface area contributed by atoms with Crippen LogP contribution in [0, 0.1) is 34.5 Å². The largest absolute Gasteiger partial charge is 0.460 e. The van der Waals surface area contributed by atoms with Crippen LogP contribution in [-0.2, 0) is 44.6 Å². The number of carbonyl (C=O) groups is 5. The number of fused-ring (bicyclic) bond motifs is 7. The van der Waals surface area contributed by atoms with E-state index in [-0.39, 0.29) is 54.9 Å². The highest BCUT2D eigenvalue weighted by atomic mass is 16.7. The molecule has 1 aromatic carbocycles. The van der Waals surface area contributed by atoms with Crippen molar-refractivity contribution in [3.63, 3.8) is 0 Å². The average molecular weight is 818 g/mol. The highest BCUT2D eigenvalue weighted by Crippen LogP contribution is 2.70. The number of aliphatic hydroxyl groups excluding tert-OH is 2. The molecular formula is C46H63N3O10. The Morgan fingerprint density at radius 1 is 1.05 bits per heavy atom. The van der Waals surface area contributed by atoms with Crippen molar-refractivity contribution in [2.45, 2.75) is 147 Å². The second-order valence-electron chi connectivity index (χ2n) is 19.5. The van der Waals surface area contributed by atoms with Crippen molar-refractivity contribution in [3.8, 4) is 0 Å². The monoisotopic (exact) mass is 817 g/mol. The molecule has 0 aromatic heterocycles. The molecule has 5 aliphatic carbocycles. The fourth-order valence-electron chi connectivity index (χ4n) is 12.0. The summed E-state index contributed by atoms with van der Waals surface area (Å²) in [4.78, 5) is 63.8. The van der Waals surface area contributed by atoms with Gasteiger partial charge in [-0.05, 0) is 120 Å². The molecule has 13 nitrogen and oxygen atoms in total. The van der Waals surface area contributed by atoms with Crippen LogP contribution in [0.1, 0.15) is 116 Å². The van der Waals surface area contributed by atoms with Crippen molar-refractivity contribution in [3.05, 3.63) is 59.2 Å². The Bertz CT molecular complexity index is 1860. The number of amides is 2. The third-order valence-electron chi connectivity index (χ3n) is 14.7. The summed E-state index contributed by atoms with van der Waals surface area (Å²) < 4.78 is 18.8. The summed E-state index contributed by atoms with van der Waals surface area (Å²) >= 11 is 0. The number of nitrogens with one attached hydrogen (secondary N) is 2. The number of rotatable bonds is 12. The minimum atomic E-state index is -1.40. The molecule has 7 rings (SSSR count). The van der Waals surface area contributed by atoms with Crippen LogP contribution >= 0.6 is 0 Å². The Hall–Kier alpha value is -3.75. The first kappa shape index (κ1) is 43.3. The number of benzene rings is 1. The van der Waals surface area contributed by atoms with E-state index in [1.165, 1.54) is 0 Å². The number of hydrogen-bond acceptors (Lipinski definition) is 11. The number of allylic oxidation sites excluding steroid dienone is 4. The molecule has 13 heteroatoms. The molecule has 4 saturated carbocycles. The molecule has 0 spiro atoms. The summed E-state index contributed by atoms with van der Waals surface area (Å²) in [5, 5.41) is 28.0. The fraction of sp³-hybridized carbons (Fsp3) is 0.674. The molecule has 1 heterocycles.